The quantitative estimate of drug-likeness (QED) is 0.277. The zero-order valence-electron chi connectivity index (χ0n) is 12.9. The first-order chi connectivity index (χ1) is 9.76. The Balaban J connectivity index is 2.00. The van der Waals surface area contributed by atoms with Crippen LogP contribution in [0.1, 0.15) is 33.1 Å². The maximum absolute atomic E-state index is 5.73. The van der Waals surface area contributed by atoms with Gasteiger partial charge >= 0.3 is 9.05 Å². The Morgan fingerprint density at radius 1 is 1.00 bits per heavy atom. The third-order valence-corrected chi connectivity index (χ3v) is 5.15. The van der Waals surface area contributed by atoms with Crippen LogP contribution in [0.5, 0.6) is 0 Å². The topological polar surface area (TPSA) is 58.7 Å². The molecule has 1 unspecified atom stereocenters. The first-order valence-corrected chi connectivity index (χ1v) is 9.06. The van der Waals surface area contributed by atoms with E-state index in [0.717, 1.165) is 39.1 Å². The van der Waals surface area contributed by atoms with Crippen molar-refractivity contribution in [3.63, 3.8) is 0 Å². The fourth-order valence-electron chi connectivity index (χ4n) is 1.71. The van der Waals surface area contributed by atoms with Crippen LogP contribution >= 0.6 is 0 Å². The maximum atomic E-state index is 5.73. The second kappa shape index (κ2) is 10.7. The summed E-state index contributed by atoms with van der Waals surface area (Å²) in [5.74, 6) is 0. The Morgan fingerprint density at radius 2 is 1.65 bits per heavy atom. The average Bonchev–Trinajstić information content (AvgIpc) is 3.26. The molecule has 20 heavy (non-hydrogen) atoms. The zero-order valence-corrected chi connectivity index (χ0v) is 13.9. The fraction of sp³-hybridized carbons (Fsp3) is 1.00. The third-order valence-electron chi connectivity index (χ3n) is 2.81. The van der Waals surface area contributed by atoms with Crippen molar-refractivity contribution in [1.29, 1.82) is 0 Å². The van der Waals surface area contributed by atoms with E-state index in [1.165, 1.54) is 0 Å². The molecule has 1 heterocycles. The number of ether oxygens (including phenoxy) is 2. The summed E-state index contributed by atoms with van der Waals surface area (Å²) < 4.78 is 32.7. The molecule has 0 bridgehead atoms. The molecule has 0 radical (unpaired) electrons. The van der Waals surface area contributed by atoms with E-state index in [9.17, 15) is 0 Å². The van der Waals surface area contributed by atoms with Gasteiger partial charge in [-0.25, -0.2) is 0 Å². The number of rotatable bonds is 14. The lowest BCUT2D eigenvalue weighted by Crippen LogP contribution is -2.48. The summed E-state index contributed by atoms with van der Waals surface area (Å²) in [4.78, 5) is 0. The lowest BCUT2D eigenvalue weighted by Gasteiger charge is -2.25. The van der Waals surface area contributed by atoms with Crippen LogP contribution in [0.25, 0.3) is 0 Å². The minimum Gasteiger partial charge on any atom is -0.379 e. The van der Waals surface area contributed by atoms with Crippen molar-refractivity contribution >= 4 is 9.05 Å². The number of hydrogen-bond donors (Lipinski definition) is 0. The summed E-state index contributed by atoms with van der Waals surface area (Å²) in [6.45, 7) is 7.81. The first-order valence-electron chi connectivity index (χ1n) is 7.42. The normalized spacial score (nSPS) is 18.4. The largest absolute Gasteiger partial charge is 0.679 e. The highest BCUT2D eigenvalue weighted by Gasteiger charge is 2.43. The van der Waals surface area contributed by atoms with E-state index < -0.39 is 9.05 Å². The van der Waals surface area contributed by atoms with Gasteiger partial charge in [0.1, 0.15) is 6.10 Å². The Labute approximate surface area is 123 Å². The fourth-order valence-corrected chi connectivity index (χ4v) is 3.42. The van der Waals surface area contributed by atoms with Crippen molar-refractivity contribution in [2.24, 2.45) is 0 Å². The van der Waals surface area contributed by atoms with Gasteiger partial charge < -0.3 is 27.2 Å². The van der Waals surface area contributed by atoms with Crippen LogP contribution in [-0.4, -0.2) is 61.9 Å². The second-order valence-corrected chi connectivity index (χ2v) is 6.78. The Bertz CT molecular complexity index is 231. The monoisotopic (exact) mass is 308 g/mol. The van der Waals surface area contributed by atoms with E-state index >= 15 is 0 Å². The number of hydrogen-bond acceptors (Lipinski definition) is 6. The highest BCUT2D eigenvalue weighted by molar-refractivity contribution is 6.53. The van der Waals surface area contributed by atoms with Gasteiger partial charge in [0.2, 0.25) is 0 Å². The molecule has 0 aliphatic carbocycles. The molecule has 0 aromatic carbocycles. The van der Waals surface area contributed by atoms with Crippen molar-refractivity contribution < 1.29 is 27.2 Å². The summed E-state index contributed by atoms with van der Waals surface area (Å²) in [6.07, 6.45) is 3.38. The highest BCUT2D eigenvalue weighted by atomic mass is 28.4. The molecule has 120 valence electrons. The summed E-state index contributed by atoms with van der Waals surface area (Å²) in [7, 11) is -1.32. The van der Waals surface area contributed by atoms with Crippen molar-refractivity contribution in [1.82, 2.24) is 0 Å². The van der Waals surface area contributed by atoms with Crippen LogP contribution in [0.2, 0.25) is 0 Å². The van der Waals surface area contributed by atoms with Crippen molar-refractivity contribution in [3.05, 3.63) is 0 Å². The predicted octanol–water partition coefficient (Wildman–Crippen LogP) is 1.74. The lowest BCUT2D eigenvalue weighted by atomic mass is 10.2. The van der Waals surface area contributed by atoms with Gasteiger partial charge in [-0.2, -0.15) is 0 Å². The first kappa shape index (κ1) is 18.0. The molecule has 0 amide bonds. The summed E-state index contributed by atoms with van der Waals surface area (Å²) in [5, 5.41) is 0. The summed E-state index contributed by atoms with van der Waals surface area (Å²) >= 11 is 0. The van der Waals surface area contributed by atoms with Gasteiger partial charge in [-0.15, -0.1) is 0 Å². The molecule has 1 rings (SSSR count). The average molecular weight is 308 g/mol. The van der Waals surface area contributed by atoms with E-state index in [1.807, 2.05) is 13.8 Å². The highest BCUT2D eigenvalue weighted by Crippen LogP contribution is 2.12. The molecule has 0 aromatic heterocycles. The van der Waals surface area contributed by atoms with Crippen LogP contribution in [0, 0.1) is 0 Å². The Kier molecular flexibility index (Phi) is 9.62. The molecular weight excluding hydrogens is 280 g/mol. The number of unbranched alkanes of at least 4 members (excludes halogenated alkanes) is 2. The molecule has 7 heteroatoms. The van der Waals surface area contributed by atoms with E-state index in [-0.39, 0.29) is 0 Å². The minimum atomic E-state index is -2.90. The van der Waals surface area contributed by atoms with Crippen molar-refractivity contribution in [2.75, 3.05) is 46.8 Å². The summed E-state index contributed by atoms with van der Waals surface area (Å²) in [6, 6.07) is 0. The Hall–Kier alpha value is -0.0231. The van der Waals surface area contributed by atoms with Gasteiger partial charge in [-0.1, -0.05) is 0 Å². The van der Waals surface area contributed by atoms with Gasteiger partial charge in [-0.3, -0.25) is 0 Å². The molecule has 1 aliphatic heterocycles. The summed E-state index contributed by atoms with van der Waals surface area (Å²) in [5.41, 5.74) is 0. The van der Waals surface area contributed by atoms with Gasteiger partial charge in [-0.05, 0) is 33.1 Å². The maximum Gasteiger partial charge on any atom is 0.679 e. The predicted molar refractivity (Wildman–Crippen MR) is 76.4 cm³/mol. The zero-order chi connectivity index (χ0) is 14.7. The molecule has 0 N–H and O–H groups in total. The number of epoxide rings is 1. The van der Waals surface area contributed by atoms with Crippen LogP contribution in [0.15, 0.2) is 0 Å². The van der Waals surface area contributed by atoms with E-state index in [4.69, 9.17) is 27.2 Å². The standard InChI is InChI=1S/C13H28O6Si/c1-4-17-20(14-3,18-5-2)19-10-8-6-7-9-15-11-13-12-16-13/h13H,4-12H2,1-3H3. The molecule has 0 saturated carbocycles. The molecule has 6 nitrogen and oxygen atoms in total. The van der Waals surface area contributed by atoms with Gasteiger partial charge in [0.25, 0.3) is 0 Å². The van der Waals surface area contributed by atoms with Crippen molar-refractivity contribution in [2.45, 2.75) is 39.2 Å². The van der Waals surface area contributed by atoms with Crippen molar-refractivity contribution in [3.8, 4) is 0 Å². The second-order valence-electron chi connectivity index (χ2n) is 4.51. The van der Waals surface area contributed by atoms with Crippen LogP contribution in [0.4, 0.5) is 0 Å². The molecule has 1 fully saturated rings. The molecule has 1 atom stereocenters. The minimum absolute atomic E-state index is 0.351. The van der Waals surface area contributed by atoms with Crippen LogP contribution in [-0.2, 0) is 27.2 Å². The molecule has 1 aliphatic rings. The van der Waals surface area contributed by atoms with Crippen LogP contribution in [0.3, 0.4) is 0 Å². The van der Waals surface area contributed by atoms with Gasteiger partial charge in [0.15, 0.2) is 0 Å². The lowest BCUT2D eigenvalue weighted by molar-refractivity contribution is -0.0179. The Morgan fingerprint density at radius 3 is 2.20 bits per heavy atom. The molecule has 1 saturated heterocycles. The molecule has 0 spiro atoms. The molecule has 0 aromatic rings. The van der Waals surface area contributed by atoms with Gasteiger partial charge in [0, 0.05) is 33.5 Å². The smallest absolute Gasteiger partial charge is 0.379 e. The van der Waals surface area contributed by atoms with E-state index in [2.05, 4.69) is 0 Å². The van der Waals surface area contributed by atoms with E-state index in [1.54, 1.807) is 7.11 Å². The van der Waals surface area contributed by atoms with Crippen LogP contribution < -0.4 is 0 Å². The third kappa shape index (κ3) is 7.68. The SMILES string of the molecule is CCO[Si](OC)(OCC)OCCCCCOCC1CO1. The molecular formula is C13H28O6Si. The van der Waals surface area contributed by atoms with Gasteiger partial charge in [0.05, 0.1) is 13.2 Å². The van der Waals surface area contributed by atoms with E-state index in [0.29, 0.717) is 25.9 Å².